The number of likely N-dealkylation sites (tertiary alicyclic amines) is 1. The molecule has 2 aliphatic rings. The average Bonchev–Trinajstić information content (AvgIpc) is 2.97. The molecule has 2 heterocycles. The van der Waals surface area contributed by atoms with Gasteiger partial charge in [0.15, 0.2) is 0 Å². The van der Waals surface area contributed by atoms with Gasteiger partial charge in [-0.25, -0.2) is 14.9 Å². The van der Waals surface area contributed by atoms with Crippen molar-refractivity contribution in [3.8, 4) is 0 Å². The highest BCUT2D eigenvalue weighted by Crippen LogP contribution is 2.47. The van der Waals surface area contributed by atoms with Crippen molar-refractivity contribution >= 4 is 28.7 Å². The summed E-state index contributed by atoms with van der Waals surface area (Å²) < 4.78 is 2.08. The molecule has 2 atom stereocenters. The second-order valence-corrected chi connectivity index (χ2v) is 10.2. The Hall–Kier alpha value is -1.66. The lowest BCUT2D eigenvalue weighted by Gasteiger charge is -2.42. The number of nitrogens with zero attached hydrogens (tertiary/aromatic N) is 3. The third-order valence-electron chi connectivity index (χ3n) is 6.55. The molecule has 2 amide bonds. The molecule has 5 nitrogen and oxygen atoms in total. The van der Waals surface area contributed by atoms with Crippen molar-refractivity contribution < 1.29 is 4.79 Å². The van der Waals surface area contributed by atoms with Crippen molar-refractivity contribution in [3.63, 3.8) is 0 Å². The van der Waals surface area contributed by atoms with Crippen molar-refractivity contribution in [3.05, 3.63) is 29.3 Å². The summed E-state index contributed by atoms with van der Waals surface area (Å²) in [5, 5.41) is 3.04. The van der Waals surface area contributed by atoms with Gasteiger partial charge < -0.3 is 9.80 Å². The Morgan fingerprint density at radius 1 is 1.31 bits per heavy atom. The van der Waals surface area contributed by atoms with Gasteiger partial charge >= 0.3 is 6.03 Å². The lowest BCUT2D eigenvalue weighted by atomic mass is 9.75. The molecule has 1 aliphatic heterocycles. The SMILES string of the molecule is CCN(CC)C(=O)Nn1c(SC(C)C)c2c3c(cccc31)[C@H]1CCCN(C)[C@@H]1C2. The minimum Gasteiger partial charge on any atom is -0.324 e. The molecular weight excluding hydrogens is 380 g/mol. The molecule has 2 aromatic rings. The van der Waals surface area contributed by atoms with Crippen molar-refractivity contribution in [2.75, 3.05) is 32.1 Å². The molecule has 1 N–H and O–H groups in total. The normalized spacial score (nSPS) is 21.4. The first-order chi connectivity index (χ1) is 14.0. The highest BCUT2D eigenvalue weighted by Gasteiger charge is 2.38. The summed E-state index contributed by atoms with van der Waals surface area (Å²) in [6.45, 7) is 11.1. The second kappa shape index (κ2) is 8.23. The molecule has 158 valence electrons. The summed E-state index contributed by atoms with van der Waals surface area (Å²) in [6, 6.07) is 7.19. The first-order valence-electron chi connectivity index (χ1n) is 11.0. The number of nitrogens with one attached hydrogen (secondary N) is 1. The van der Waals surface area contributed by atoms with E-state index in [0.717, 1.165) is 11.9 Å². The number of thioether (sulfide) groups is 1. The van der Waals surface area contributed by atoms with Crippen LogP contribution < -0.4 is 5.43 Å². The number of amides is 2. The molecule has 29 heavy (non-hydrogen) atoms. The quantitative estimate of drug-likeness (QED) is 0.709. The smallest absolute Gasteiger partial charge is 0.324 e. The van der Waals surface area contributed by atoms with Crippen LogP contribution in [-0.4, -0.2) is 58.5 Å². The van der Waals surface area contributed by atoms with E-state index in [9.17, 15) is 4.79 Å². The van der Waals surface area contributed by atoms with Crippen molar-refractivity contribution in [2.24, 2.45) is 0 Å². The number of benzene rings is 1. The Balaban J connectivity index is 1.87. The Bertz CT molecular complexity index is 902. The maximum atomic E-state index is 12.9. The van der Waals surface area contributed by atoms with Gasteiger partial charge in [0.25, 0.3) is 0 Å². The third kappa shape index (κ3) is 3.55. The Labute approximate surface area is 178 Å². The van der Waals surface area contributed by atoms with E-state index >= 15 is 0 Å². The molecule has 1 saturated heterocycles. The summed E-state index contributed by atoms with van der Waals surface area (Å²) in [6.07, 6.45) is 3.59. The largest absolute Gasteiger partial charge is 0.336 e. The Morgan fingerprint density at radius 3 is 2.76 bits per heavy atom. The van der Waals surface area contributed by atoms with E-state index < -0.39 is 0 Å². The van der Waals surface area contributed by atoms with Gasteiger partial charge in [-0.05, 0) is 63.9 Å². The van der Waals surface area contributed by atoms with Gasteiger partial charge in [0.1, 0.15) is 5.03 Å². The first-order valence-corrected chi connectivity index (χ1v) is 11.9. The molecule has 1 aliphatic carbocycles. The molecule has 0 spiro atoms. The number of rotatable bonds is 5. The van der Waals surface area contributed by atoms with Gasteiger partial charge in [-0.15, -0.1) is 11.8 Å². The summed E-state index contributed by atoms with van der Waals surface area (Å²) >= 11 is 1.87. The highest BCUT2D eigenvalue weighted by molar-refractivity contribution is 7.99. The first kappa shape index (κ1) is 20.6. The number of aromatic nitrogens is 1. The van der Waals surface area contributed by atoms with E-state index in [1.165, 1.54) is 40.9 Å². The molecule has 1 fully saturated rings. The van der Waals surface area contributed by atoms with Gasteiger partial charge in [0, 0.05) is 35.7 Å². The van der Waals surface area contributed by atoms with Crippen LogP contribution in [0, 0.1) is 0 Å². The molecule has 6 heteroatoms. The molecule has 0 saturated carbocycles. The van der Waals surface area contributed by atoms with Crippen molar-refractivity contribution in [2.45, 2.75) is 69.2 Å². The molecule has 0 unspecified atom stereocenters. The second-order valence-electron chi connectivity index (χ2n) is 8.62. The summed E-state index contributed by atoms with van der Waals surface area (Å²) in [7, 11) is 2.27. The zero-order chi connectivity index (χ0) is 20.7. The van der Waals surface area contributed by atoms with E-state index in [0.29, 0.717) is 30.3 Å². The highest BCUT2D eigenvalue weighted by atomic mass is 32.2. The molecule has 1 aromatic heterocycles. The molecule has 4 rings (SSSR count). The van der Waals surface area contributed by atoms with E-state index in [2.05, 4.69) is 54.1 Å². The Morgan fingerprint density at radius 2 is 2.07 bits per heavy atom. The van der Waals surface area contributed by atoms with Crippen molar-refractivity contribution in [1.82, 2.24) is 14.5 Å². The minimum absolute atomic E-state index is 0.0248. The van der Waals surface area contributed by atoms with Crippen LogP contribution in [0.15, 0.2) is 23.2 Å². The fourth-order valence-corrected chi connectivity index (χ4v) is 6.18. The van der Waals surface area contributed by atoms with E-state index in [-0.39, 0.29) is 6.03 Å². The number of likely N-dealkylation sites (N-methyl/N-ethyl adjacent to an activating group) is 1. The fraction of sp³-hybridized carbons (Fsp3) is 0.609. The summed E-state index contributed by atoms with van der Waals surface area (Å²) in [5.41, 5.74) is 7.27. The number of hydrogen-bond acceptors (Lipinski definition) is 3. The van der Waals surface area contributed by atoms with Crippen molar-refractivity contribution in [1.29, 1.82) is 0 Å². The maximum absolute atomic E-state index is 12.9. The number of urea groups is 1. The van der Waals surface area contributed by atoms with Crippen LogP contribution in [-0.2, 0) is 6.42 Å². The third-order valence-corrected chi connectivity index (χ3v) is 7.68. The van der Waals surface area contributed by atoms with E-state index in [1.54, 1.807) is 0 Å². The number of carbonyl (C=O) groups excluding carboxylic acids is 1. The Kier molecular flexibility index (Phi) is 5.85. The van der Waals surface area contributed by atoms with E-state index in [4.69, 9.17) is 0 Å². The predicted octanol–water partition coefficient (Wildman–Crippen LogP) is 4.88. The standard InChI is InChI=1S/C23H34N4OS/c1-6-26(7-2)23(28)24-27-19-12-8-10-17-16-11-9-13-25(5)20(16)14-18(21(17)19)22(27)29-15(3)4/h8,10,12,15-16,20H,6-7,9,11,13-14H2,1-5H3,(H,24,28)/t16-,20-/m1/s1. The van der Waals surface area contributed by atoms with Crippen LogP contribution in [0.25, 0.3) is 10.9 Å². The number of piperidine rings is 1. The van der Waals surface area contributed by atoms with Crippen LogP contribution in [0.5, 0.6) is 0 Å². The van der Waals surface area contributed by atoms with Crippen LogP contribution in [0.4, 0.5) is 4.79 Å². The van der Waals surface area contributed by atoms with Gasteiger partial charge in [0.05, 0.1) is 5.52 Å². The molecular formula is C23H34N4OS. The van der Waals surface area contributed by atoms with Gasteiger partial charge in [-0.1, -0.05) is 26.0 Å². The molecule has 0 bridgehead atoms. The zero-order valence-electron chi connectivity index (χ0n) is 18.4. The van der Waals surface area contributed by atoms with Crippen LogP contribution in [0.3, 0.4) is 0 Å². The lowest BCUT2D eigenvalue weighted by molar-refractivity contribution is 0.156. The predicted molar refractivity (Wildman–Crippen MR) is 123 cm³/mol. The summed E-state index contributed by atoms with van der Waals surface area (Å²) in [4.78, 5) is 17.3. The van der Waals surface area contributed by atoms with Crippen LogP contribution >= 0.6 is 11.8 Å². The van der Waals surface area contributed by atoms with Gasteiger partial charge in [-0.3, -0.25) is 0 Å². The lowest BCUT2D eigenvalue weighted by Crippen LogP contribution is -2.44. The minimum atomic E-state index is -0.0248. The van der Waals surface area contributed by atoms with Gasteiger partial charge in [-0.2, -0.15) is 0 Å². The average molecular weight is 415 g/mol. The van der Waals surface area contributed by atoms with Crippen LogP contribution in [0.2, 0.25) is 0 Å². The topological polar surface area (TPSA) is 40.5 Å². The monoisotopic (exact) mass is 414 g/mol. The zero-order valence-corrected chi connectivity index (χ0v) is 19.2. The number of carbonyl (C=O) groups is 1. The molecule has 0 radical (unpaired) electrons. The van der Waals surface area contributed by atoms with Crippen LogP contribution in [0.1, 0.15) is 57.6 Å². The maximum Gasteiger partial charge on any atom is 0.336 e. The van der Waals surface area contributed by atoms with E-state index in [1.807, 2.05) is 30.5 Å². The summed E-state index contributed by atoms with van der Waals surface area (Å²) in [5.74, 6) is 0.594. The molecule has 1 aromatic carbocycles. The van der Waals surface area contributed by atoms with Gasteiger partial charge in [0.2, 0.25) is 0 Å². The number of hydrogen-bond donors (Lipinski definition) is 1. The number of fused-ring (bicyclic) bond motifs is 2. The fourth-order valence-electron chi connectivity index (χ4n) is 5.15.